The molecular formula is C21H16F4N4O5S. The lowest BCUT2D eigenvalue weighted by Crippen LogP contribution is -2.44. The van der Waals surface area contributed by atoms with Gasteiger partial charge in [0.25, 0.3) is 11.5 Å². The fourth-order valence-corrected chi connectivity index (χ4v) is 5.25. The van der Waals surface area contributed by atoms with E-state index in [0.29, 0.717) is 10.7 Å². The highest BCUT2D eigenvalue weighted by Gasteiger charge is 2.38. The number of amides is 1. The predicted octanol–water partition coefficient (Wildman–Crippen LogP) is 1.34. The zero-order valence-corrected chi connectivity index (χ0v) is 18.3. The maximum absolute atomic E-state index is 13.8. The van der Waals surface area contributed by atoms with Gasteiger partial charge in [0, 0.05) is 11.8 Å². The lowest BCUT2D eigenvalue weighted by Gasteiger charge is -2.16. The van der Waals surface area contributed by atoms with Crippen molar-refractivity contribution in [3.8, 4) is 16.9 Å². The van der Waals surface area contributed by atoms with E-state index in [1.165, 1.54) is 12.1 Å². The molecule has 0 radical (unpaired) electrons. The van der Waals surface area contributed by atoms with Gasteiger partial charge in [-0.3, -0.25) is 14.6 Å². The number of rotatable bonds is 4. The Balaban J connectivity index is 1.80. The largest absolute Gasteiger partial charge is 0.433 e. The standard InChI is InChI=1S/C21H16F4N4O5S/c22-12-2-1-3-13(6-12)29-20(32)14(19(31)27-16-9-35(33,34)10-17(16)30)7-15(28-29)11-4-5-18(26-8-11)21(23,24)25/h1-8,16-17,30H,9-10H2,(H,27,31)/t16-,17+/m0/s1. The molecular weight excluding hydrogens is 496 g/mol. The molecule has 14 heteroatoms. The molecule has 1 aliphatic rings. The molecule has 1 fully saturated rings. The molecule has 3 aromatic rings. The fourth-order valence-electron chi connectivity index (χ4n) is 3.51. The first-order chi connectivity index (χ1) is 16.3. The maximum atomic E-state index is 13.8. The number of sulfone groups is 1. The van der Waals surface area contributed by atoms with Crippen molar-refractivity contribution in [2.45, 2.75) is 18.3 Å². The number of nitrogens with zero attached hydrogens (tertiary/aromatic N) is 3. The second kappa shape index (κ2) is 8.85. The molecule has 2 aromatic heterocycles. The lowest BCUT2D eigenvalue weighted by atomic mass is 10.1. The van der Waals surface area contributed by atoms with E-state index in [9.17, 15) is 40.7 Å². The molecule has 9 nitrogen and oxygen atoms in total. The van der Waals surface area contributed by atoms with Crippen LogP contribution in [0, 0.1) is 5.82 Å². The summed E-state index contributed by atoms with van der Waals surface area (Å²) in [6, 6.07) is 6.20. The number of halogens is 4. The lowest BCUT2D eigenvalue weighted by molar-refractivity contribution is -0.141. The van der Waals surface area contributed by atoms with Crippen LogP contribution in [0.5, 0.6) is 0 Å². The van der Waals surface area contributed by atoms with Crippen LogP contribution in [0.2, 0.25) is 0 Å². The van der Waals surface area contributed by atoms with Gasteiger partial charge < -0.3 is 10.4 Å². The van der Waals surface area contributed by atoms with E-state index in [2.05, 4.69) is 15.4 Å². The number of pyridine rings is 1. The zero-order chi connectivity index (χ0) is 25.5. The SMILES string of the molecule is O=C(N[C@H]1CS(=O)(=O)C[C@H]1O)c1cc(-c2ccc(C(F)(F)F)nc2)nn(-c2cccc(F)c2)c1=O. The number of aliphatic hydroxyl groups is 1. The summed E-state index contributed by atoms with van der Waals surface area (Å²) >= 11 is 0. The molecule has 0 unspecified atom stereocenters. The van der Waals surface area contributed by atoms with Gasteiger partial charge in [-0.05, 0) is 36.4 Å². The number of hydrogen-bond donors (Lipinski definition) is 2. The van der Waals surface area contributed by atoms with E-state index in [0.717, 1.165) is 30.5 Å². The van der Waals surface area contributed by atoms with Gasteiger partial charge >= 0.3 is 6.18 Å². The first-order valence-corrected chi connectivity index (χ1v) is 11.8. The minimum Gasteiger partial charge on any atom is -0.390 e. The number of benzene rings is 1. The van der Waals surface area contributed by atoms with Crippen molar-refractivity contribution in [2.24, 2.45) is 0 Å². The molecule has 1 amide bonds. The van der Waals surface area contributed by atoms with Crippen LogP contribution in [0.15, 0.2) is 53.5 Å². The van der Waals surface area contributed by atoms with E-state index >= 15 is 0 Å². The summed E-state index contributed by atoms with van der Waals surface area (Å²) in [5.74, 6) is -2.88. The second-order valence-corrected chi connectivity index (χ2v) is 9.95. The first kappa shape index (κ1) is 24.5. The molecule has 35 heavy (non-hydrogen) atoms. The molecule has 2 atom stereocenters. The van der Waals surface area contributed by atoms with Crippen LogP contribution < -0.4 is 10.9 Å². The molecule has 2 N–H and O–H groups in total. The zero-order valence-electron chi connectivity index (χ0n) is 17.5. The average molecular weight is 512 g/mol. The summed E-state index contributed by atoms with van der Waals surface area (Å²) in [5, 5.41) is 16.3. The van der Waals surface area contributed by atoms with Crippen molar-refractivity contribution < 1.29 is 35.9 Å². The molecule has 1 aliphatic heterocycles. The van der Waals surface area contributed by atoms with Crippen molar-refractivity contribution in [2.75, 3.05) is 11.5 Å². The van der Waals surface area contributed by atoms with Gasteiger partial charge in [-0.1, -0.05) is 6.07 Å². The Morgan fingerprint density at radius 1 is 1.14 bits per heavy atom. The van der Waals surface area contributed by atoms with E-state index in [4.69, 9.17) is 0 Å². The van der Waals surface area contributed by atoms with Gasteiger partial charge in [-0.2, -0.15) is 23.0 Å². The normalized spacial score (nSPS) is 19.5. The van der Waals surface area contributed by atoms with Crippen LogP contribution in [-0.2, 0) is 16.0 Å². The number of carbonyl (C=O) groups is 1. The summed E-state index contributed by atoms with van der Waals surface area (Å²) in [6.07, 6.45) is -5.24. The van der Waals surface area contributed by atoms with Crippen molar-refractivity contribution in [1.82, 2.24) is 20.1 Å². The van der Waals surface area contributed by atoms with Crippen LogP contribution in [0.25, 0.3) is 16.9 Å². The monoisotopic (exact) mass is 512 g/mol. The van der Waals surface area contributed by atoms with E-state index < -0.39 is 68.2 Å². The average Bonchev–Trinajstić information content (AvgIpc) is 3.04. The third kappa shape index (κ3) is 5.22. The Hall–Kier alpha value is -3.65. The minimum absolute atomic E-state index is 0.0145. The number of nitrogens with one attached hydrogen (secondary N) is 1. The first-order valence-electron chi connectivity index (χ1n) is 9.97. The number of aromatic nitrogens is 3. The molecule has 1 aromatic carbocycles. The van der Waals surface area contributed by atoms with Crippen molar-refractivity contribution >= 4 is 15.7 Å². The Bertz CT molecular complexity index is 1460. The predicted molar refractivity (Wildman–Crippen MR) is 114 cm³/mol. The Morgan fingerprint density at radius 3 is 2.46 bits per heavy atom. The van der Waals surface area contributed by atoms with Crippen LogP contribution in [-0.4, -0.2) is 57.8 Å². The van der Waals surface area contributed by atoms with Crippen LogP contribution in [0.3, 0.4) is 0 Å². The number of aliphatic hydroxyl groups excluding tert-OH is 1. The molecule has 0 bridgehead atoms. The number of alkyl halides is 3. The quantitative estimate of drug-likeness (QED) is 0.505. The third-order valence-electron chi connectivity index (χ3n) is 5.20. The Morgan fingerprint density at radius 2 is 1.89 bits per heavy atom. The summed E-state index contributed by atoms with van der Waals surface area (Å²) < 4.78 is 76.6. The number of carbonyl (C=O) groups excluding carboxylic acids is 1. The van der Waals surface area contributed by atoms with Gasteiger partial charge in [-0.15, -0.1) is 0 Å². The van der Waals surface area contributed by atoms with E-state index in [1.807, 2.05) is 0 Å². The highest BCUT2D eigenvalue weighted by Crippen LogP contribution is 2.28. The number of hydrogen-bond acceptors (Lipinski definition) is 7. The van der Waals surface area contributed by atoms with Crippen LogP contribution >= 0.6 is 0 Å². The topological polar surface area (TPSA) is 131 Å². The van der Waals surface area contributed by atoms with Gasteiger partial charge in [0.2, 0.25) is 0 Å². The fraction of sp³-hybridized carbons (Fsp3) is 0.238. The van der Waals surface area contributed by atoms with Crippen molar-refractivity contribution in [1.29, 1.82) is 0 Å². The summed E-state index contributed by atoms with van der Waals surface area (Å²) in [4.78, 5) is 29.3. The molecule has 184 valence electrons. The maximum Gasteiger partial charge on any atom is 0.433 e. The highest BCUT2D eigenvalue weighted by atomic mass is 32.2. The molecule has 0 aliphatic carbocycles. The van der Waals surface area contributed by atoms with Crippen molar-refractivity contribution in [3.05, 3.63) is 76.1 Å². The van der Waals surface area contributed by atoms with Gasteiger partial charge in [-0.25, -0.2) is 12.8 Å². The summed E-state index contributed by atoms with van der Waals surface area (Å²) in [5.41, 5.74) is -2.94. The third-order valence-corrected chi connectivity index (χ3v) is 6.91. The van der Waals surface area contributed by atoms with Crippen LogP contribution in [0.1, 0.15) is 16.1 Å². The van der Waals surface area contributed by atoms with E-state index in [1.54, 1.807) is 0 Å². The molecule has 4 rings (SSSR count). The second-order valence-electron chi connectivity index (χ2n) is 7.79. The smallest absolute Gasteiger partial charge is 0.390 e. The minimum atomic E-state index is -4.69. The van der Waals surface area contributed by atoms with Crippen LogP contribution in [0.4, 0.5) is 17.6 Å². The molecule has 0 spiro atoms. The molecule has 1 saturated heterocycles. The molecule has 0 saturated carbocycles. The van der Waals surface area contributed by atoms with Gasteiger partial charge in [0.1, 0.15) is 17.1 Å². The summed E-state index contributed by atoms with van der Waals surface area (Å²) in [6.45, 7) is 0. The summed E-state index contributed by atoms with van der Waals surface area (Å²) in [7, 11) is -3.61. The highest BCUT2D eigenvalue weighted by molar-refractivity contribution is 7.91. The van der Waals surface area contributed by atoms with E-state index in [-0.39, 0.29) is 16.9 Å². The molecule has 3 heterocycles. The van der Waals surface area contributed by atoms with Gasteiger partial charge in [0.05, 0.1) is 35.0 Å². The van der Waals surface area contributed by atoms with Gasteiger partial charge in [0.15, 0.2) is 9.84 Å². The Kier molecular flexibility index (Phi) is 6.19. The van der Waals surface area contributed by atoms with Crippen molar-refractivity contribution in [3.63, 3.8) is 0 Å². The Labute approximate surface area is 195 Å².